The number of aliphatic hydroxyl groups is 1. The molecule has 1 aromatic heterocycles. The van der Waals surface area contributed by atoms with Gasteiger partial charge < -0.3 is 5.11 Å². The van der Waals surface area contributed by atoms with E-state index in [9.17, 15) is 20.0 Å². The van der Waals surface area contributed by atoms with Crippen molar-refractivity contribution < 1.29 is 10.0 Å². The fourth-order valence-corrected chi connectivity index (χ4v) is 2.79. The Morgan fingerprint density at radius 1 is 1.29 bits per heavy atom. The van der Waals surface area contributed by atoms with E-state index in [-0.39, 0.29) is 22.9 Å². The van der Waals surface area contributed by atoms with E-state index in [4.69, 9.17) is 0 Å². The van der Waals surface area contributed by atoms with Crippen molar-refractivity contribution in [1.29, 1.82) is 0 Å². The standard InChI is InChI=1S/C17H15N3O4/c1-11(12-5-3-2-4-6-12)19-16-7-13(10-21)15(20(23)24)8-14(16)18-9-17(19)22/h2-9,11,21H,10H2,1H3/t11-/m0/s1. The second-order valence-electron chi connectivity index (χ2n) is 5.44. The number of rotatable bonds is 4. The second-order valence-corrected chi connectivity index (χ2v) is 5.44. The molecule has 0 bridgehead atoms. The zero-order valence-electron chi connectivity index (χ0n) is 12.9. The van der Waals surface area contributed by atoms with Gasteiger partial charge in [0.15, 0.2) is 0 Å². The molecule has 7 nitrogen and oxygen atoms in total. The molecule has 2 aromatic carbocycles. The minimum Gasteiger partial charge on any atom is -0.391 e. The number of nitrogens with zero attached hydrogens (tertiary/aromatic N) is 3. The van der Waals surface area contributed by atoms with Gasteiger partial charge in [-0.05, 0) is 18.6 Å². The highest BCUT2D eigenvalue weighted by Gasteiger charge is 2.19. The van der Waals surface area contributed by atoms with Crippen LogP contribution in [0.25, 0.3) is 11.0 Å². The van der Waals surface area contributed by atoms with Gasteiger partial charge in [-0.3, -0.25) is 19.5 Å². The molecule has 3 rings (SSSR count). The first-order valence-electron chi connectivity index (χ1n) is 7.37. The highest BCUT2D eigenvalue weighted by molar-refractivity contribution is 5.79. The van der Waals surface area contributed by atoms with Crippen molar-refractivity contribution in [3.05, 3.63) is 80.3 Å². The number of nitro groups is 1. The number of benzene rings is 2. The van der Waals surface area contributed by atoms with E-state index in [0.717, 1.165) is 11.8 Å². The summed E-state index contributed by atoms with van der Waals surface area (Å²) < 4.78 is 1.53. The Balaban J connectivity index is 2.29. The van der Waals surface area contributed by atoms with Gasteiger partial charge >= 0.3 is 0 Å². The predicted octanol–water partition coefficient (Wildman–Crippen LogP) is 2.41. The molecule has 24 heavy (non-hydrogen) atoms. The van der Waals surface area contributed by atoms with E-state index in [2.05, 4.69) is 4.98 Å². The Hall–Kier alpha value is -3.06. The van der Waals surface area contributed by atoms with Crippen molar-refractivity contribution >= 4 is 16.7 Å². The number of hydrogen-bond donors (Lipinski definition) is 1. The molecular formula is C17H15N3O4. The molecule has 7 heteroatoms. The van der Waals surface area contributed by atoms with Gasteiger partial charge in [-0.2, -0.15) is 0 Å². The maximum absolute atomic E-state index is 12.4. The van der Waals surface area contributed by atoms with Crippen molar-refractivity contribution in [2.75, 3.05) is 0 Å². The third-order valence-corrected chi connectivity index (χ3v) is 4.02. The molecule has 0 saturated carbocycles. The Labute approximate surface area is 137 Å². The Morgan fingerprint density at radius 2 is 2.00 bits per heavy atom. The van der Waals surface area contributed by atoms with Crippen LogP contribution in [0.3, 0.4) is 0 Å². The lowest BCUT2D eigenvalue weighted by atomic mass is 10.1. The SMILES string of the molecule is C[C@@H](c1ccccc1)n1c(=O)cnc2cc([N+](=O)[O-])c(CO)cc21. The van der Waals surface area contributed by atoms with E-state index in [0.29, 0.717) is 11.0 Å². The summed E-state index contributed by atoms with van der Waals surface area (Å²) in [6.07, 6.45) is 1.16. The summed E-state index contributed by atoms with van der Waals surface area (Å²) in [6.45, 7) is 1.38. The largest absolute Gasteiger partial charge is 0.391 e. The average Bonchev–Trinajstić information content (AvgIpc) is 2.60. The number of fused-ring (bicyclic) bond motifs is 1. The lowest BCUT2D eigenvalue weighted by Gasteiger charge is -2.18. The van der Waals surface area contributed by atoms with Crippen LogP contribution in [0.4, 0.5) is 5.69 Å². The van der Waals surface area contributed by atoms with Gasteiger partial charge in [0.1, 0.15) is 0 Å². The van der Waals surface area contributed by atoms with Crippen LogP contribution in [-0.4, -0.2) is 19.6 Å². The molecule has 0 aliphatic carbocycles. The molecule has 0 unspecified atom stereocenters. The maximum Gasteiger partial charge on any atom is 0.277 e. The van der Waals surface area contributed by atoms with Gasteiger partial charge in [0, 0.05) is 6.07 Å². The van der Waals surface area contributed by atoms with Crippen LogP contribution in [0.2, 0.25) is 0 Å². The first-order chi connectivity index (χ1) is 11.5. The summed E-state index contributed by atoms with van der Waals surface area (Å²) in [5, 5.41) is 20.6. The molecule has 1 atom stereocenters. The Kier molecular flexibility index (Phi) is 4.09. The fourth-order valence-electron chi connectivity index (χ4n) is 2.79. The molecule has 0 spiro atoms. The highest BCUT2D eigenvalue weighted by Crippen LogP contribution is 2.27. The van der Waals surface area contributed by atoms with Crippen LogP contribution < -0.4 is 5.56 Å². The predicted molar refractivity (Wildman–Crippen MR) is 88.8 cm³/mol. The van der Waals surface area contributed by atoms with Gasteiger partial charge in [0.05, 0.1) is 40.4 Å². The van der Waals surface area contributed by atoms with E-state index in [1.807, 2.05) is 37.3 Å². The van der Waals surface area contributed by atoms with E-state index in [1.54, 1.807) is 0 Å². The molecule has 1 N–H and O–H groups in total. The summed E-state index contributed by atoms with van der Waals surface area (Å²) in [7, 11) is 0. The average molecular weight is 325 g/mol. The molecule has 0 aliphatic heterocycles. The van der Waals surface area contributed by atoms with Gasteiger partial charge in [-0.15, -0.1) is 0 Å². The maximum atomic E-state index is 12.4. The van der Waals surface area contributed by atoms with Gasteiger partial charge in [-0.25, -0.2) is 4.98 Å². The fraction of sp³-hybridized carbons (Fsp3) is 0.176. The Morgan fingerprint density at radius 3 is 2.62 bits per heavy atom. The normalized spacial score (nSPS) is 12.2. The molecule has 3 aromatic rings. The molecular weight excluding hydrogens is 310 g/mol. The smallest absolute Gasteiger partial charge is 0.277 e. The molecule has 1 heterocycles. The van der Waals surface area contributed by atoms with E-state index >= 15 is 0 Å². The van der Waals surface area contributed by atoms with Gasteiger partial charge in [0.2, 0.25) is 0 Å². The molecule has 0 saturated heterocycles. The second kappa shape index (κ2) is 6.21. The minimum absolute atomic E-state index is 0.147. The third-order valence-electron chi connectivity index (χ3n) is 4.02. The zero-order chi connectivity index (χ0) is 17.3. The summed E-state index contributed by atoms with van der Waals surface area (Å²) in [6, 6.07) is 11.9. The first-order valence-corrected chi connectivity index (χ1v) is 7.37. The zero-order valence-corrected chi connectivity index (χ0v) is 12.9. The minimum atomic E-state index is -0.567. The molecule has 122 valence electrons. The lowest BCUT2D eigenvalue weighted by molar-refractivity contribution is -0.385. The van der Waals surface area contributed by atoms with Crippen LogP contribution in [-0.2, 0) is 6.61 Å². The third kappa shape index (κ3) is 2.65. The summed E-state index contributed by atoms with van der Waals surface area (Å²) >= 11 is 0. The molecule has 0 fully saturated rings. The number of aromatic nitrogens is 2. The van der Waals surface area contributed by atoms with Crippen LogP contribution in [0, 0.1) is 10.1 Å². The quantitative estimate of drug-likeness (QED) is 0.586. The van der Waals surface area contributed by atoms with Crippen molar-refractivity contribution in [3.63, 3.8) is 0 Å². The number of nitro benzene ring substituents is 1. The van der Waals surface area contributed by atoms with Crippen molar-refractivity contribution in [2.24, 2.45) is 0 Å². The summed E-state index contributed by atoms with van der Waals surface area (Å²) in [5.74, 6) is 0. The summed E-state index contributed by atoms with van der Waals surface area (Å²) in [4.78, 5) is 26.9. The molecule has 0 amide bonds. The number of aliphatic hydroxyl groups excluding tert-OH is 1. The van der Waals surface area contributed by atoms with Crippen molar-refractivity contribution in [2.45, 2.75) is 19.6 Å². The van der Waals surface area contributed by atoms with Crippen LogP contribution in [0.15, 0.2) is 53.5 Å². The molecule has 0 radical (unpaired) electrons. The van der Waals surface area contributed by atoms with Crippen molar-refractivity contribution in [3.8, 4) is 0 Å². The number of hydrogen-bond acceptors (Lipinski definition) is 5. The summed E-state index contributed by atoms with van der Waals surface area (Å²) in [5.41, 5.74) is 1.34. The highest BCUT2D eigenvalue weighted by atomic mass is 16.6. The van der Waals surface area contributed by atoms with E-state index < -0.39 is 11.5 Å². The van der Waals surface area contributed by atoms with Gasteiger partial charge in [0.25, 0.3) is 11.2 Å². The lowest BCUT2D eigenvalue weighted by Crippen LogP contribution is -2.24. The van der Waals surface area contributed by atoms with E-state index in [1.165, 1.54) is 16.7 Å². The van der Waals surface area contributed by atoms with Crippen molar-refractivity contribution in [1.82, 2.24) is 9.55 Å². The van der Waals surface area contributed by atoms with Crippen LogP contribution in [0.5, 0.6) is 0 Å². The Bertz CT molecular complexity index is 967. The monoisotopic (exact) mass is 325 g/mol. The molecule has 0 aliphatic rings. The van der Waals surface area contributed by atoms with Gasteiger partial charge in [-0.1, -0.05) is 30.3 Å². The van der Waals surface area contributed by atoms with Crippen LogP contribution in [0.1, 0.15) is 24.1 Å². The topological polar surface area (TPSA) is 98.3 Å². The first kappa shape index (κ1) is 15.8. The van der Waals surface area contributed by atoms with Crippen LogP contribution >= 0.6 is 0 Å².